The SMILES string of the molecule is CNC(=O)c1cc2c(Oc3ccc(CO[C@H]4CC(O)[C@H](O)C(CO)O4)cc3)cncc2s1. The lowest BCUT2D eigenvalue weighted by Crippen LogP contribution is -2.50. The molecule has 3 heterocycles. The highest BCUT2D eigenvalue weighted by Gasteiger charge is 2.36. The molecule has 4 N–H and O–H groups in total. The fourth-order valence-electron chi connectivity index (χ4n) is 3.40. The molecule has 1 aromatic carbocycles. The Morgan fingerprint density at radius 1 is 1.28 bits per heavy atom. The van der Waals surface area contributed by atoms with Crippen molar-refractivity contribution in [2.75, 3.05) is 13.7 Å². The van der Waals surface area contributed by atoms with Gasteiger partial charge in [0.2, 0.25) is 0 Å². The Bertz CT molecular complexity index is 1070. The van der Waals surface area contributed by atoms with Gasteiger partial charge in [-0.15, -0.1) is 11.3 Å². The van der Waals surface area contributed by atoms with E-state index in [2.05, 4.69) is 10.3 Å². The van der Waals surface area contributed by atoms with Gasteiger partial charge >= 0.3 is 0 Å². The van der Waals surface area contributed by atoms with E-state index >= 15 is 0 Å². The second-order valence-corrected chi connectivity index (χ2v) is 8.46. The third kappa shape index (κ3) is 4.90. The molecule has 4 atom stereocenters. The van der Waals surface area contributed by atoms with E-state index in [4.69, 9.17) is 14.2 Å². The van der Waals surface area contributed by atoms with Crippen molar-refractivity contribution in [1.82, 2.24) is 10.3 Å². The topological polar surface area (TPSA) is 130 Å². The number of carbonyl (C=O) groups is 1. The Hall–Kier alpha value is -2.60. The van der Waals surface area contributed by atoms with Crippen molar-refractivity contribution < 1.29 is 34.3 Å². The number of carbonyl (C=O) groups excluding carboxylic acids is 1. The molecule has 2 unspecified atom stereocenters. The minimum Gasteiger partial charge on any atom is -0.455 e. The number of benzene rings is 1. The first kappa shape index (κ1) is 22.6. The smallest absolute Gasteiger partial charge is 0.261 e. The van der Waals surface area contributed by atoms with E-state index in [1.54, 1.807) is 37.6 Å². The van der Waals surface area contributed by atoms with Crippen molar-refractivity contribution in [1.29, 1.82) is 0 Å². The minimum absolute atomic E-state index is 0.120. The molecule has 1 aliphatic rings. The number of hydrogen-bond acceptors (Lipinski definition) is 9. The number of fused-ring (bicyclic) bond motifs is 1. The summed E-state index contributed by atoms with van der Waals surface area (Å²) in [5, 5.41) is 32.3. The van der Waals surface area contributed by atoms with Gasteiger partial charge in [-0.3, -0.25) is 9.78 Å². The summed E-state index contributed by atoms with van der Waals surface area (Å²) in [5.41, 5.74) is 0.857. The van der Waals surface area contributed by atoms with Gasteiger partial charge in [0.25, 0.3) is 5.91 Å². The van der Waals surface area contributed by atoms with Crippen LogP contribution in [0.25, 0.3) is 10.1 Å². The number of ether oxygens (including phenoxy) is 3. The maximum absolute atomic E-state index is 11.9. The molecule has 9 nitrogen and oxygen atoms in total. The van der Waals surface area contributed by atoms with E-state index in [0.29, 0.717) is 16.4 Å². The number of aliphatic hydroxyl groups excluding tert-OH is 3. The average molecular weight is 461 g/mol. The van der Waals surface area contributed by atoms with Gasteiger partial charge in [0.15, 0.2) is 12.0 Å². The molecule has 170 valence electrons. The van der Waals surface area contributed by atoms with Crippen LogP contribution in [0.15, 0.2) is 42.7 Å². The summed E-state index contributed by atoms with van der Waals surface area (Å²) in [6.07, 6.45) is -0.323. The first-order chi connectivity index (χ1) is 15.5. The van der Waals surface area contributed by atoms with E-state index in [0.717, 1.165) is 15.6 Å². The Balaban J connectivity index is 1.39. The quantitative estimate of drug-likeness (QED) is 0.420. The highest BCUT2D eigenvalue weighted by Crippen LogP contribution is 2.34. The lowest BCUT2D eigenvalue weighted by Gasteiger charge is -2.36. The number of nitrogens with zero attached hydrogens (tertiary/aromatic N) is 1. The second-order valence-electron chi connectivity index (χ2n) is 7.38. The number of aliphatic hydroxyl groups is 3. The summed E-state index contributed by atoms with van der Waals surface area (Å²) in [5.74, 6) is 0.996. The van der Waals surface area contributed by atoms with Crippen molar-refractivity contribution >= 4 is 27.3 Å². The Morgan fingerprint density at radius 3 is 2.78 bits per heavy atom. The van der Waals surface area contributed by atoms with E-state index < -0.39 is 31.2 Å². The Labute approximate surface area is 188 Å². The molecule has 0 radical (unpaired) electrons. The van der Waals surface area contributed by atoms with Crippen molar-refractivity contribution in [3.8, 4) is 11.5 Å². The fraction of sp³-hybridized carbons (Fsp3) is 0.364. The van der Waals surface area contributed by atoms with Crippen molar-refractivity contribution in [3.05, 3.63) is 53.2 Å². The van der Waals surface area contributed by atoms with Gasteiger partial charge in [-0.1, -0.05) is 12.1 Å². The molecule has 0 bridgehead atoms. The fourth-order valence-corrected chi connectivity index (χ4v) is 4.39. The zero-order chi connectivity index (χ0) is 22.7. The highest BCUT2D eigenvalue weighted by atomic mass is 32.1. The second kappa shape index (κ2) is 9.90. The number of pyridine rings is 1. The molecule has 0 aliphatic carbocycles. The number of nitrogens with one attached hydrogen (secondary N) is 1. The Morgan fingerprint density at radius 2 is 2.06 bits per heavy atom. The molecule has 0 spiro atoms. The lowest BCUT2D eigenvalue weighted by molar-refractivity contribution is -0.260. The van der Waals surface area contributed by atoms with Gasteiger partial charge in [-0.2, -0.15) is 0 Å². The summed E-state index contributed by atoms with van der Waals surface area (Å²) in [6.45, 7) is -0.177. The predicted molar refractivity (Wildman–Crippen MR) is 117 cm³/mol. The highest BCUT2D eigenvalue weighted by molar-refractivity contribution is 7.20. The van der Waals surface area contributed by atoms with Crippen LogP contribution in [-0.4, -0.2) is 64.5 Å². The van der Waals surface area contributed by atoms with Crippen LogP contribution in [0, 0.1) is 0 Å². The molecule has 3 aromatic rings. The number of aromatic nitrogens is 1. The molecule has 10 heteroatoms. The molecule has 0 saturated carbocycles. The van der Waals surface area contributed by atoms with Gasteiger partial charge in [0.1, 0.15) is 18.0 Å². The first-order valence-electron chi connectivity index (χ1n) is 10.1. The zero-order valence-electron chi connectivity index (χ0n) is 17.3. The number of thiophene rings is 1. The van der Waals surface area contributed by atoms with Crippen LogP contribution in [0.1, 0.15) is 21.7 Å². The van der Waals surface area contributed by atoms with Crippen molar-refractivity contribution in [3.63, 3.8) is 0 Å². The number of rotatable bonds is 7. The third-order valence-electron chi connectivity index (χ3n) is 5.16. The van der Waals surface area contributed by atoms with Gasteiger partial charge in [0, 0.05) is 25.1 Å². The molecule has 2 aromatic heterocycles. The maximum Gasteiger partial charge on any atom is 0.261 e. The van der Waals surface area contributed by atoms with Crippen molar-refractivity contribution in [2.24, 2.45) is 0 Å². The summed E-state index contributed by atoms with van der Waals surface area (Å²) >= 11 is 1.35. The Kier molecular flexibility index (Phi) is 6.99. The van der Waals surface area contributed by atoms with Crippen molar-refractivity contribution in [2.45, 2.75) is 37.6 Å². The molecular weight excluding hydrogens is 436 g/mol. The number of amides is 1. The molecule has 1 saturated heterocycles. The van der Waals surface area contributed by atoms with Gasteiger partial charge < -0.3 is 34.8 Å². The van der Waals surface area contributed by atoms with E-state index in [1.165, 1.54) is 11.3 Å². The van der Waals surface area contributed by atoms with Gasteiger partial charge in [0.05, 0.1) is 35.1 Å². The van der Waals surface area contributed by atoms with E-state index in [-0.39, 0.29) is 18.9 Å². The first-order valence-corrected chi connectivity index (χ1v) is 10.9. The van der Waals surface area contributed by atoms with Crippen LogP contribution in [0.2, 0.25) is 0 Å². The van der Waals surface area contributed by atoms with E-state index in [1.807, 2.05) is 12.1 Å². The molecule has 1 aliphatic heterocycles. The summed E-state index contributed by atoms with van der Waals surface area (Å²) < 4.78 is 18.0. The van der Waals surface area contributed by atoms with E-state index in [9.17, 15) is 20.1 Å². The van der Waals surface area contributed by atoms with Crippen LogP contribution in [-0.2, 0) is 16.1 Å². The number of hydrogen-bond donors (Lipinski definition) is 4. The summed E-state index contributed by atoms with van der Waals surface area (Å²) in [7, 11) is 1.59. The minimum atomic E-state index is -1.13. The van der Waals surface area contributed by atoms with Crippen LogP contribution in [0.4, 0.5) is 0 Å². The van der Waals surface area contributed by atoms with Gasteiger partial charge in [-0.05, 0) is 23.8 Å². The monoisotopic (exact) mass is 460 g/mol. The maximum atomic E-state index is 11.9. The lowest BCUT2D eigenvalue weighted by atomic mass is 10.0. The molecule has 32 heavy (non-hydrogen) atoms. The molecule has 1 amide bonds. The largest absolute Gasteiger partial charge is 0.455 e. The molecular formula is C22H24N2O7S. The average Bonchev–Trinajstić information content (AvgIpc) is 3.25. The standard InChI is InChI=1S/C22H24N2O7S/c1-23-22(28)18-6-14-16(8-24-9-19(14)32-18)30-13-4-2-12(3-5-13)11-29-20-7-15(26)21(27)17(10-25)31-20/h2-6,8-9,15,17,20-21,25-27H,7,10-11H2,1H3,(H,23,28)/t15?,17?,20-,21+/m1/s1. The normalized spacial score (nSPS) is 23.2. The van der Waals surface area contributed by atoms with Crippen LogP contribution in [0.3, 0.4) is 0 Å². The molecule has 1 fully saturated rings. The predicted octanol–water partition coefficient (Wildman–Crippen LogP) is 1.79. The zero-order valence-corrected chi connectivity index (χ0v) is 18.1. The third-order valence-corrected chi connectivity index (χ3v) is 6.23. The van der Waals surface area contributed by atoms with Crippen LogP contribution < -0.4 is 10.1 Å². The van der Waals surface area contributed by atoms with Crippen LogP contribution in [0.5, 0.6) is 11.5 Å². The summed E-state index contributed by atoms with van der Waals surface area (Å²) in [6, 6.07) is 9.04. The summed E-state index contributed by atoms with van der Waals surface area (Å²) in [4.78, 5) is 16.7. The van der Waals surface area contributed by atoms with Crippen LogP contribution >= 0.6 is 11.3 Å². The molecule has 4 rings (SSSR count). The van der Waals surface area contributed by atoms with Gasteiger partial charge in [-0.25, -0.2) is 0 Å².